The molecule has 4 nitrogen and oxygen atoms in total. The zero-order valence-corrected chi connectivity index (χ0v) is 12.2. The summed E-state index contributed by atoms with van der Waals surface area (Å²) in [6.45, 7) is 4.46. The molecule has 6 heteroatoms. The van der Waals surface area contributed by atoms with Gasteiger partial charge in [0.15, 0.2) is 0 Å². The average Bonchev–Trinajstić information content (AvgIpc) is 2.75. The van der Waals surface area contributed by atoms with Crippen LogP contribution in [0.2, 0.25) is 0 Å². The molecule has 1 unspecified atom stereocenters. The van der Waals surface area contributed by atoms with Crippen molar-refractivity contribution in [1.82, 2.24) is 14.9 Å². The summed E-state index contributed by atoms with van der Waals surface area (Å²) < 4.78 is 15.1. The molecule has 0 spiro atoms. The van der Waals surface area contributed by atoms with Gasteiger partial charge < -0.3 is 9.88 Å². The van der Waals surface area contributed by atoms with Crippen LogP contribution in [-0.2, 0) is 11.3 Å². The zero-order chi connectivity index (χ0) is 14.7. The predicted octanol–water partition coefficient (Wildman–Crippen LogP) is 3.00. The molecule has 0 aliphatic carbocycles. The summed E-state index contributed by atoms with van der Waals surface area (Å²) in [6, 6.07) is 4.31. The summed E-state index contributed by atoms with van der Waals surface area (Å²) in [5.74, 6) is 0.0780. The van der Waals surface area contributed by atoms with E-state index in [0.29, 0.717) is 23.4 Å². The number of hydrogen-bond acceptors (Lipinski definition) is 2. The molecule has 1 heterocycles. The van der Waals surface area contributed by atoms with Gasteiger partial charge in [0.2, 0.25) is 5.91 Å². The van der Waals surface area contributed by atoms with E-state index < -0.39 is 0 Å². The van der Waals surface area contributed by atoms with E-state index in [1.54, 1.807) is 17.6 Å². The molecule has 1 N–H and O–H groups in total. The molecule has 0 saturated carbocycles. The van der Waals surface area contributed by atoms with Gasteiger partial charge in [0.1, 0.15) is 18.2 Å². The van der Waals surface area contributed by atoms with E-state index in [9.17, 15) is 9.18 Å². The summed E-state index contributed by atoms with van der Waals surface area (Å²) in [6.07, 6.45) is 0.865. The Morgan fingerprint density at radius 2 is 2.30 bits per heavy atom. The Hall–Kier alpha value is -1.62. The number of carbonyl (C=O) groups excluding carboxylic acids is 1. The van der Waals surface area contributed by atoms with Crippen LogP contribution in [0.1, 0.15) is 31.5 Å². The monoisotopic (exact) mass is 297 g/mol. The minimum atomic E-state index is -0.360. The molecule has 0 aliphatic rings. The number of aromatic nitrogens is 2. The lowest BCUT2D eigenvalue weighted by Crippen LogP contribution is -2.28. The van der Waals surface area contributed by atoms with E-state index in [1.165, 1.54) is 12.1 Å². The lowest BCUT2D eigenvalue weighted by atomic mass is 10.3. The van der Waals surface area contributed by atoms with Crippen LogP contribution < -0.4 is 5.32 Å². The van der Waals surface area contributed by atoms with Gasteiger partial charge in [0, 0.05) is 6.54 Å². The van der Waals surface area contributed by atoms with E-state index >= 15 is 0 Å². The molecule has 0 bridgehead atoms. The third-order valence-corrected chi connectivity index (χ3v) is 3.16. The number of benzene rings is 1. The van der Waals surface area contributed by atoms with E-state index in [2.05, 4.69) is 10.3 Å². The zero-order valence-electron chi connectivity index (χ0n) is 11.5. The molecule has 108 valence electrons. The number of halogens is 2. The summed E-state index contributed by atoms with van der Waals surface area (Å²) in [5, 5.41) is 2.43. The van der Waals surface area contributed by atoms with Crippen LogP contribution in [0.15, 0.2) is 18.2 Å². The number of carbonyl (C=O) groups is 1. The first-order chi connectivity index (χ1) is 9.52. The Kier molecular flexibility index (Phi) is 4.60. The fourth-order valence-electron chi connectivity index (χ4n) is 2.05. The van der Waals surface area contributed by atoms with Crippen molar-refractivity contribution in [3.63, 3.8) is 0 Å². The van der Waals surface area contributed by atoms with Crippen molar-refractivity contribution in [2.75, 3.05) is 6.54 Å². The van der Waals surface area contributed by atoms with Crippen molar-refractivity contribution in [2.24, 2.45) is 0 Å². The molecular formula is C14H17ClFN3O. The van der Waals surface area contributed by atoms with Crippen LogP contribution in [0.25, 0.3) is 11.0 Å². The van der Waals surface area contributed by atoms with Crippen LogP contribution >= 0.6 is 11.6 Å². The van der Waals surface area contributed by atoms with Crippen molar-refractivity contribution in [1.29, 1.82) is 0 Å². The molecular weight excluding hydrogens is 281 g/mol. The van der Waals surface area contributed by atoms with Gasteiger partial charge in [-0.2, -0.15) is 0 Å². The highest BCUT2D eigenvalue weighted by Crippen LogP contribution is 2.25. The van der Waals surface area contributed by atoms with Gasteiger partial charge in [-0.3, -0.25) is 4.79 Å². The molecule has 1 amide bonds. The number of nitrogens with zero attached hydrogens (tertiary/aromatic N) is 2. The van der Waals surface area contributed by atoms with Gasteiger partial charge in [-0.25, -0.2) is 9.37 Å². The Balaban J connectivity index is 2.40. The second kappa shape index (κ2) is 6.22. The second-order valence-corrected chi connectivity index (χ2v) is 5.31. The molecule has 0 radical (unpaired) electrons. The number of fused-ring (bicyclic) bond motifs is 1. The molecule has 1 aromatic heterocycles. The topological polar surface area (TPSA) is 46.9 Å². The van der Waals surface area contributed by atoms with Gasteiger partial charge in [0.05, 0.1) is 16.4 Å². The number of alkyl halides is 1. The maximum Gasteiger partial charge on any atom is 0.240 e. The molecule has 1 aromatic carbocycles. The summed E-state index contributed by atoms with van der Waals surface area (Å²) in [4.78, 5) is 16.2. The molecule has 0 saturated heterocycles. The summed E-state index contributed by atoms with van der Waals surface area (Å²) >= 11 is 6.10. The van der Waals surface area contributed by atoms with Gasteiger partial charge in [-0.1, -0.05) is 6.92 Å². The van der Waals surface area contributed by atoms with Crippen LogP contribution in [0.5, 0.6) is 0 Å². The quantitative estimate of drug-likeness (QED) is 0.862. The molecule has 1 atom stereocenters. The van der Waals surface area contributed by atoms with Crippen molar-refractivity contribution < 1.29 is 9.18 Å². The van der Waals surface area contributed by atoms with Crippen molar-refractivity contribution in [2.45, 2.75) is 32.2 Å². The van der Waals surface area contributed by atoms with Crippen LogP contribution in [0.4, 0.5) is 4.39 Å². The first-order valence-electron chi connectivity index (χ1n) is 6.59. The molecule has 2 rings (SSSR count). The maximum atomic E-state index is 13.4. The minimum absolute atomic E-state index is 0.0896. The van der Waals surface area contributed by atoms with Gasteiger partial charge in [-0.05, 0) is 31.5 Å². The molecule has 0 aliphatic heterocycles. The number of nitrogens with one attached hydrogen (secondary N) is 1. The third kappa shape index (κ3) is 3.10. The number of imidazole rings is 1. The lowest BCUT2D eigenvalue weighted by Gasteiger charge is -2.10. The van der Waals surface area contributed by atoms with Crippen LogP contribution in [0, 0.1) is 5.82 Å². The largest absolute Gasteiger partial charge is 0.355 e. The lowest BCUT2D eigenvalue weighted by molar-refractivity contribution is -0.121. The van der Waals surface area contributed by atoms with Crippen molar-refractivity contribution in [3.8, 4) is 0 Å². The van der Waals surface area contributed by atoms with Gasteiger partial charge in [-0.15, -0.1) is 11.6 Å². The Morgan fingerprint density at radius 1 is 1.55 bits per heavy atom. The molecule has 2 aromatic rings. The summed E-state index contributed by atoms with van der Waals surface area (Å²) in [5.41, 5.74) is 1.22. The molecule has 0 fully saturated rings. The Morgan fingerprint density at radius 3 is 2.95 bits per heavy atom. The van der Waals surface area contributed by atoms with Crippen LogP contribution in [-0.4, -0.2) is 22.0 Å². The number of hydrogen-bond donors (Lipinski definition) is 1. The highest BCUT2D eigenvalue weighted by atomic mass is 35.5. The summed E-state index contributed by atoms with van der Waals surface area (Å²) in [7, 11) is 0. The SMILES string of the molecule is CCCNC(=O)Cn1c(C(C)Cl)nc2ccc(F)cc21. The average molecular weight is 298 g/mol. The van der Waals surface area contributed by atoms with Crippen LogP contribution in [0.3, 0.4) is 0 Å². The fraction of sp³-hybridized carbons (Fsp3) is 0.429. The maximum absolute atomic E-state index is 13.4. The normalized spacial score (nSPS) is 12.6. The predicted molar refractivity (Wildman–Crippen MR) is 77.3 cm³/mol. The smallest absolute Gasteiger partial charge is 0.240 e. The van der Waals surface area contributed by atoms with Crippen molar-refractivity contribution in [3.05, 3.63) is 29.8 Å². The second-order valence-electron chi connectivity index (χ2n) is 4.66. The highest BCUT2D eigenvalue weighted by Gasteiger charge is 2.17. The van der Waals surface area contributed by atoms with Crippen molar-refractivity contribution >= 4 is 28.5 Å². The van der Waals surface area contributed by atoms with E-state index in [1.807, 2.05) is 6.92 Å². The highest BCUT2D eigenvalue weighted by molar-refractivity contribution is 6.20. The Labute approximate surface area is 121 Å². The van der Waals surface area contributed by atoms with Gasteiger partial charge >= 0.3 is 0 Å². The van der Waals surface area contributed by atoms with E-state index in [4.69, 9.17) is 11.6 Å². The molecule has 20 heavy (non-hydrogen) atoms. The standard InChI is InChI=1S/C14H17ClFN3O/c1-3-6-17-13(20)8-19-12-7-10(16)4-5-11(12)18-14(19)9(2)15/h4-5,7,9H,3,6,8H2,1-2H3,(H,17,20). The van der Waals surface area contributed by atoms with Gasteiger partial charge in [0.25, 0.3) is 0 Å². The van der Waals surface area contributed by atoms with E-state index in [0.717, 1.165) is 6.42 Å². The third-order valence-electron chi connectivity index (χ3n) is 2.97. The van der Waals surface area contributed by atoms with E-state index in [-0.39, 0.29) is 23.6 Å². The first kappa shape index (κ1) is 14.8. The number of rotatable bonds is 5. The number of amides is 1. The minimum Gasteiger partial charge on any atom is -0.355 e. The first-order valence-corrected chi connectivity index (χ1v) is 7.03. The fourth-order valence-corrected chi connectivity index (χ4v) is 2.21. The Bertz CT molecular complexity index is 624.